The van der Waals surface area contributed by atoms with Gasteiger partial charge in [0, 0.05) is 81.5 Å². The number of likely N-dealkylation sites (N-methyl/N-ethyl adjacent to an activating group) is 4. The van der Waals surface area contributed by atoms with Crippen LogP contribution in [0.2, 0.25) is 0 Å². The summed E-state index contributed by atoms with van der Waals surface area (Å²) in [6.07, 6.45) is 11.0. The number of aliphatic hydroxyl groups excluding tert-OH is 6. The van der Waals surface area contributed by atoms with E-state index in [2.05, 4.69) is 45.8 Å². The lowest BCUT2D eigenvalue weighted by molar-refractivity contribution is -0.226. The van der Waals surface area contributed by atoms with Crippen molar-refractivity contribution in [3.8, 4) is 23.0 Å². The van der Waals surface area contributed by atoms with E-state index in [0.29, 0.717) is 66.5 Å². The fourth-order valence-corrected chi connectivity index (χ4v) is 22.0. The van der Waals surface area contributed by atoms with Gasteiger partial charge in [0.1, 0.15) is 40.3 Å². The summed E-state index contributed by atoms with van der Waals surface area (Å²) < 4.78 is 24.7. The van der Waals surface area contributed by atoms with Gasteiger partial charge in [-0.3, -0.25) is 24.2 Å². The monoisotopic (exact) mass is 1310 g/mol. The number of nitrogens with zero attached hydrogens (tertiary/aromatic N) is 4. The number of hydrogen-bond acceptors (Lipinski definition) is 20. The first kappa shape index (κ1) is 64.7. The lowest BCUT2D eigenvalue weighted by Gasteiger charge is -2.63. The topological polar surface area (TPSA) is 348 Å². The maximum absolute atomic E-state index is 12.7. The minimum atomic E-state index is -1.41. The Morgan fingerprint density at radius 3 is 1.54 bits per heavy atom. The van der Waals surface area contributed by atoms with E-state index in [4.69, 9.17) is 18.9 Å². The number of Topliss-reactive ketones (excluding diaryl/α,β-unsaturated/α-hetero) is 2. The van der Waals surface area contributed by atoms with Gasteiger partial charge in [0.05, 0.1) is 66.4 Å². The second-order valence-corrected chi connectivity index (χ2v) is 29.6. The van der Waals surface area contributed by atoms with Crippen molar-refractivity contribution in [1.82, 2.24) is 19.6 Å². The second-order valence-electron chi connectivity index (χ2n) is 29.6. The molecule has 2 saturated carbocycles. The molecular weight excluding hydrogens is 1220 g/mol. The van der Waals surface area contributed by atoms with Crippen LogP contribution in [0.1, 0.15) is 112 Å². The fraction of sp³-hybridized carbons (Fsp3) is 0.548. The molecular formula is C73H87N4O18+. The molecule has 0 radical (unpaired) electrons. The predicted octanol–water partition coefficient (Wildman–Crippen LogP) is -0.107. The number of piperidine rings is 4. The van der Waals surface area contributed by atoms with Gasteiger partial charge in [0.15, 0.2) is 35.7 Å². The zero-order valence-electron chi connectivity index (χ0n) is 54.0. The first-order valence-corrected chi connectivity index (χ1v) is 33.4. The number of carbonyl (C=O) groups excluding carboxylic acids is 3. The Morgan fingerprint density at radius 2 is 0.947 bits per heavy atom. The van der Waals surface area contributed by atoms with E-state index in [9.17, 15) is 60.3 Å². The standard InChI is InChI=1S/C19H21NO3.C18H21NO5.C18H21NO4.C18H19NO4.2H2O/c1-20-7-6-19-14-5-4-13(10-22)18(19)23-17-12(9-21)3-2-11(16(17)19)8-15(14)20;1-19-5-4-17-14-9-2-3-10(8-20)15(14)24-16(17)11(21)7-13(22)18(17,23)12(19)6-9;2*1-19-7-6-17-14-10-2-3-11(9-20)15(14)23-16(17)12(21)4-5-18(17,22)13(19)8-10;;/h2-5,15,18,21-22H,6-10H2,1H3;2-3,12-13,16,20,22-23H,4-8H2,1H3;2-3,13,16,20,22H,4-9H2,1H3;2-5,13,16,20,22H,6-9H2,1H3;2*1H2/p+1/t15?,18-,19-;12?,13-,16+,17+,18+;2*13?,16-,17-,18+;;/m0100../s1. The number of likely N-dealkylation sites (tertiary alicyclic amines) is 4. The summed E-state index contributed by atoms with van der Waals surface area (Å²) in [4.78, 5) is 46.8. The van der Waals surface area contributed by atoms with Crippen molar-refractivity contribution in [2.24, 2.45) is 0 Å². The highest BCUT2D eigenvalue weighted by atomic mass is 16.5. The van der Waals surface area contributed by atoms with Crippen molar-refractivity contribution >= 4 is 17.3 Å². The summed E-state index contributed by atoms with van der Waals surface area (Å²) in [7, 11) is 8.24. The van der Waals surface area contributed by atoms with Gasteiger partial charge in [-0.2, -0.15) is 0 Å². The highest BCUT2D eigenvalue weighted by Gasteiger charge is 2.77. The van der Waals surface area contributed by atoms with Crippen molar-refractivity contribution in [2.45, 2.75) is 190 Å². The molecule has 8 aliphatic heterocycles. The van der Waals surface area contributed by atoms with Gasteiger partial charge in [-0.25, -0.2) is 0 Å². The third-order valence-electron chi connectivity index (χ3n) is 26.4. The molecule has 22 nitrogen and oxygen atoms in total. The van der Waals surface area contributed by atoms with Crippen LogP contribution in [0, 0.1) is 0 Å². The van der Waals surface area contributed by atoms with Gasteiger partial charge < -0.3 is 85.7 Å². The van der Waals surface area contributed by atoms with Gasteiger partial charge in [0.25, 0.3) is 0 Å². The second kappa shape index (κ2) is 21.9. The average Bonchev–Trinajstić information content (AvgIpc) is 1.62. The number of allylic oxidation sites excluding steroid dienone is 2. The molecule has 4 spiro atoms. The molecule has 0 aromatic heterocycles. The molecule has 8 heterocycles. The van der Waals surface area contributed by atoms with E-state index < -0.39 is 57.5 Å². The van der Waals surface area contributed by atoms with E-state index in [0.717, 1.165) is 114 Å². The van der Waals surface area contributed by atoms with Gasteiger partial charge in [-0.15, -0.1) is 0 Å². The maximum atomic E-state index is 12.7. The number of carbonyl (C=O) groups is 3. The van der Waals surface area contributed by atoms with E-state index in [-0.39, 0.29) is 97.4 Å². The normalized spacial score (nSPS) is 38.5. The first-order chi connectivity index (χ1) is 44.7. The van der Waals surface area contributed by atoms with Crippen LogP contribution in [-0.2, 0) is 93.6 Å². The van der Waals surface area contributed by atoms with E-state index in [1.54, 1.807) is 6.08 Å². The first-order valence-electron chi connectivity index (χ1n) is 33.4. The molecule has 4 aromatic rings. The molecule has 8 aliphatic carbocycles. The van der Waals surface area contributed by atoms with E-state index in [1.165, 1.54) is 22.8 Å². The van der Waals surface area contributed by atoms with Crippen LogP contribution in [0.5, 0.6) is 23.0 Å². The Bertz CT molecular complexity index is 4050. The van der Waals surface area contributed by atoms with Crippen LogP contribution in [0.15, 0.2) is 84.0 Å². The summed E-state index contributed by atoms with van der Waals surface area (Å²) in [5.41, 5.74) is 8.22. The van der Waals surface area contributed by atoms with Gasteiger partial charge >= 0.3 is 0 Å². The quantitative estimate of drug-likeness (QED) is 0.118. The highest BCUT2D eigenvalue weighted by molar-refractivity contribution is 5.99. The van der Waals surface area contributed by atoms with Crippen LogP contribution < -0.4 is 18.9 Å². The number of ether oxygens (including phenoxy) is 4. The van der Waals surface area contributed by atoms with Gasteiger partial charge in [-0.1, -0.05) is 60.7 Å². The number of ketones is 3. The SMILES string of the molecule is CN1CC[C@@]23C4=CC=C(CO)[C@@H]2Oc2c(CO)ccc(c23)CC41.CN1CC[C@]23c4c5ccc(CO)c4O[C@H]2C(=O)C=C[C@@]3(O)C1C5.CN1CC[C@]23c4c5ccc(CO)c4O[C@H]2C(=O)CC[C@@]3(O)C1C5.CN1CC[C@]23c4c5ccc(CO)c4O[C@H]2C(=O)C[C@@H](O)[C@@]3(O)C1C5.O.[OH3+]. The Labute approximate surface area is 549 Å². The molecule has 4 saturated heterocycles. The molecule has 22 heteroatoms. The molecule has 20 rings (SSSR count). The molecule has 8 bridgehead atoms. The van der Waals surface area contributed by atoms with Crippen molar-refractivity contribution < 1.29 is 90.2 Å². The van der Waals surface area contributed by atoms with Crippen LogP contribution in [0.3, 0.4) is 0 Å². The van der Waals surface area contributed by atoms with E-state index in [1.807, 2.05) is 62.6 Å². The minimum absolute atomic E-state index is 0. The van der Waals surface area contributed by atoms with Crippen molar-refractivity contribution in [3.63, 3.8) is 0 Å². The number of benzene rings is 4. The van der Waals surface area contributed by atoms with Crippen molar-refractivity contribution in [2.75, 3.05) is 61.0 Å². The largest absolute Gasteiger partial charge is 0.484 e. The number of rotatable bonds is 5. The zero-order valence-corrected chi connectivity index (χ0v) is 54.0. The van der Waals surface area contributed by atoms with Crippen LogP contribution in [0.25, 0.3) is 0 Å². The minimum Gasteiger partial charge on any atom is -0.484 e. The summed E-state index contributed by atoms with van der Waals surface area (Å²) >= 11 is 0. The fourth-order valence-electron chi connectivity index (χ4n) is 22.0. The Hall–Kier alpha value is -6.29. The predicted molar refractivity (Wildman–Crippen MR) is 343 cm³/mol. The lowest BCUT2D eigenvalue weighted by Crippen LogP contribution is -2.80. The van der Waals surface area contributed by atoms with Gasteiger partial charge in [-0.05, 0) is 158 Å². The van der Waals surface area contributed by atoms with Crippen molar-refractivity contribution in [3.05, 3.63) is 151 Å². The summed E-state index contributed by atoms with van der Waals surface area (Å²) in [6.45, 7) is 3.02. The van der Waals surface area contributed by atoms with E-state index >= 15 is 0 Å². The smallest absolute Gasteiger partial charge is 0.196 e. The third-order valence-corrected chi connectivity index (χ3v) is 26.4. The summed E-state index contributed by atoms with van der Waals surface area (Å²) in [5, 5.41) is 94.4. The Kier molecular flexibility index (Phi) is 14.9. The number of aliphatic hydroxyl groups is 9. The van der Waals surface area contributed by atoms with Crippen LogP contribution in [0.4, 0.5) is 0 Å². The summed E-state index contributed by atoms with van der Waals surface area (Å²) in [6, 6.07) is 15.9. The Balaban J connectivity index is 0.000000104. The highest BCUT2D eigenvalue weighted by Crippen LogP contribution is 2.68. The molecule has 4 aromatic carbocycles. The molecule has 6 fully saturated rings. The molecule has 506 valence electrons. The maximum Gasteiger partial charge on any atom is 0.196 e. The molecule has 95 heavy (non-hydrogen) atoms. The zero-order chi connectivity index (χ0) is 64.6. The van der Waals surface area contributed by atoms with Crippen LogP contribution >= 0.6 is 0 Å². The third kappa shape index (κ3) is 7.68. The summed E-state index contributed by atoms with van der Waals surface area (Å²) in [5.74, 6) is 2.52. The molecule has 16 atom stereocenters. The van der Waals surface area contributed by atoms with Gasteiger partial charge in [0.2, 0.25) is 0 Å². The van der Waals surface area contributed by atoms with Crippen molar-refractivity contribution in [1.29, 1.82) is 0 Å². The lowest BCUT2D eigenvalue weighted by atomic mass is 9.48. The Morgan fingerprint density at radius 1 is 0.484 bits per heavy atom. The average molecular weight is 1310 g/mol. The molecule has 4 unspecified atom stereocenters. The number of hydrogen-bond donors (Lipinski definition) is 9. The van der Waals surface area contributed by atoms with Crippen LogP contribution in [-0.4, -0.2) is 221 Å². The molecule has 14 N–H and O–H groups in total. The molecule has 16 aliphatic rings. The molecule has 0 amide bonds.